The third-order valence-electron chi connectivity index (χ3n) is 3.95. The van der Waals surface area contributed by atoms with Crippen molar-refractivity contribution >= 4 is 18.2 Å². The Bertz CT molecular complexity index is 745. The van der Waals surface area contributed by atoms with Crippen LogP contribution in [0, 0.1) is 23.7 Å². The van der Waals surface area contributed by atoms with Crippen LogP contribution in [0.5, 0.6) is 11.5 Å². The standard InChI is InChI=1S/C20H27O5P/c1-8-17(21)26(23,13-14(2)12-20(3,4)5)19(22)18-15(24-6)10-9-11-16(18)25-7/h1,9-11,14H,12-13H2,2-7H3. The Balaban J connectivity index is 3.43. The molecular weight excluding hydrogens is 351 g/mol. The van der Waals surface area contributed by atoms with Crippen LogP contribution in [0.25, 0.3) is 0 Å². The Hall–Kier alpha value is -2.05. The van der Waals surface area contributed by atoms with E-state index >= 15 is 0 Å². The number of ether oxygens (including phenoxy) is 2. The monoisotopic (exact) mass is 378 g/mol. The van der Waals surface area contributed by atoms with E-state index in [0.717, 1.165) is 0 Å². The van der Waals surface area contributed by atoms with Gasteiger partial charge in [-0.05, 0) is 35.8 Å². The van der Waals surface area contributed by atoms with Gasteiger partial charge in [0.1, 0.15) is 17.1 Å². The molecular formula is C20H27O5P. The summed E-state index contributed by atoms with van der Waals surface area (Å²) < 4.78 is 24.0. The lowest BCUT2D eigenvalue weighted by Crippen LogP contribution is -2.20. The van der Waals surface area contributed by atoms with Crippen molar-refractivity contribution in [1.82, 2.24) is 0 Å². The first kappa shape index (κ1) is 22.0. The third-order valence-corrected chi connectivity index (χ3v) is 6.75. The summed E-state index contributed by atoms with van der Waals surface area (Å²) in [5, 5.41) is 0. The number of benzene rings is 1. The normalized spacial score (nSPS) is 14.7. The summed E-state index contributed by atoms with van der Waals surface area (Å²) in [4.78, 5) is 25.5. The van der Waals surface area contributed by atoms with Gasteiger partial charge in [0.15, 0.2) is 0 Å². The van der Waals surface area contributed by atoms with Crippen LogP contribution in [0.2, 0.25) is 0 Å². The van der Waals surface area contributed by atoms with Crippen molar-refractivity contribution in [3.8, 4) is 23.8 Å². The zero-order valence-electron chi connectivity index (χ0n) is 16.3. The number of carbonyl (C=O) groups excluding carboxylic acids is 2. The molecule has 0 fully saturated rings. The second-order valence-electron chi connectivity index (χ2n) is 7.58. The van der Waals surface area contributed by atoms with Crippen LogP contribution in [-0.2, 0) is 9.36 Å². The highest BCUT2D eigenvalue weighted by molar-refractivity contribution is 7.95. The van der Waals surface area contributed by atoms with E-state index in [-0.39, 0.29) is 34.6 Å². The number of hydrogen-bond acceptors (Lipinski definition) is 5. The maximum absolute atomic E-state index is 13.5. The fraction of sp³-hybridized carbons (Fsp3) is 0.500. The summed E-state index contributed by atoms with van der Waals surface area (Å²) in [5.41, 5.74) is -1.81. The highest BCUT2D eigenvalue weighted by Gasteiger charge is 2.43. The molecule has 0 saturated heterocycles. The first-order valence-corrected chi connectivity index (χ1v) is 10.3. The number of terminal acetylenes is 1. The molecule has 142 valence electrons. The molecule has 0 aromatic heterocycles. The summed E-state index contributed by atoms with van der Waals surface area (Å²) in [5.74, 6) is 2.17. The Morgan fingerprint density at radius 3 is 2.08 bits per heavy atom. The number of hydrogen-bond donors (Lipinski definition) is 0. The van der Waals surface area contributed by atoms with Gasteiger partial charge < -0.3 is 14.0 Å². The first-order valence-electron chi connectivity index (χ1n) is 8.36. The van der Waals surface area contributed by atoms with Gasteiger partial charge in [0, 0.05) is 6.16 Å². The molecule has 0 radical (unpaired) electrons. The SMILES string of the molecule is C#CC(=O)P(=O)(CC(C)CC(C)(C)C)C(=O)c1c(OC)cccc1OC. The highest BCUT2D eigenvalue weighted by Crippen LogP contribution is 2.54. The molecule has 0 bridgehead atoms. The third kappa shape index (κ3) is 4.99. The molecule has 0 amide bonds. The predicted octanol–water partition coefficient (Wildman–Crippen LogP) is 4.44. The maximum atomic E-state index is 13.5. The Kier molecular flexibility index (Phi) is 7.24. The van der Waals surface area contributed by atoms with E-state index in [1.165, 1.54) is 14.2 Å². The van der Waals surface area contributed by atoms with Crippen molar-refractivity contribution in [1.29, 1.82) is 0 Å². The number of methoxy groups -OCH3 is 2. The van der Waals surface area contributed by atoms with Gasteiger partial charge in [-0.1, -0.05) is 33.8 Å². The Morgan fingerprint density at radius 1 is 1.19 bits per heavy atom. The lowest BCUT2D eigenvalue weighted by Gasteiger charge is -2.25. The summed E-state index contributed by atoms with van der Waals surface area (Å²) in [6, 6.07) is 4.75. The summed E-state index contributed by atoms with van der Waals surface area (Å²) in [7, 11) is -1.24. The zero-order chi connectivity index (χ0) is 20.1. The van der Waals surface area contributed by atoms with Gasteiger partial charge in [0.2, 0.25) is 12.7 Å². The van der Waals surface area contributed by atoms with Crippen LogP contribution in [-0.4, -0.2) is 31.4 Å². The average molecular weight is 378 g/mol. The van der Waals surface area contributed by atoms with Crippen molar-refractivity contribution in [2.24, 2.45) is 11.3 Å². The van der Waals surface area contributed by atoms with E-state index in [9.17, 15) is 14.2 Å². The van der Waals surface area contributed by atoms with Crippen LogP contribution < -0.4 is 9.47 Å². The van der Waals surface area contributed by atoms with Crippen LogP contribution in [0.4, 0.5) is 0 Å². The smallest absolute Gasteiger partial charge is 0.270 e. The molecule has 6 heteroatoms. The average Bonchev–Trinajstić information content (AvgIpc) is 2.57. The molecule has 1 aromatic rings. The molecule has 1 rings (SSSR count). The van der Waals surface area contributed by atoms with Crippen LogP contribution in [0.1, 0.15) is 44.5 Å². The molecule has 0 spiro atoms. The molecule has 0 saturated carbocycles. The predicted molar refractivity (Wildman–Crippen MR) is 103 cm³/mol. The van der Waals surface area contributed by atoms with E-state index in [4.69, 9.17) is 15.9 Å². The van der Waals surface area contributed by atoms with Crippen LogP contribution in [0.15, 0.2) is 18.2 Å². The van der Waals surface area contributed by atoms with Gasteiger partial charge in [-0.15, -0.1) is 6.42 Å². The topological polar surface area (TPSA) is 69.7 Å². The second kappa shape index (κ2) is 8.56. The quantitative estimate of drug-likeness (QED) is 0.494. The maximum Gasteiger partial charge on any atom is 0.270 e. The minimum Gasteiger partial charge on any atom is -0.496 e. The lowest BCUT2D eigenvalue weighted by atomic mass is 9.86. The minimum atomic E-state index is -4.02. The van der Waals surface area contributed by atoms with Crippen LogP contribution in [0.3, 0.4) is 0 Å². The fourth-order valence-corrected chi connectivity index (χ4v) is 5.47. The van der Waals surface area contributed by atoms with Crippen molar-refractivity contribution in [3.63, 3.8) is 0 Å². The molecule has 0 heterocycles. The van der Waals surface area contributed by atoms with E-state index in [2.05, 4.69) is 0 Å². The molecule has 0 aliphatic heterocycles. The summed E-state index contributed by atoms with van der Waals surface area (Å²) in [6.45, 7) is 8.00. The molecule has 26 heavy (non-hydrogen) atoms. The van der Waals surface area contributed by atoms with Crippen LogP contribution >= 0.6 is 7.14 Å². The minimum absolute atomic E-state index is 0.00704. The van der Waals surface area contributed by atoms with Gasteiger partial charge in [0.25, 0.3) is 5.52 Å². The fourth-order valence-electron chi connectivity index (χ4n) is 3.15. The molecule has 1 aromatic carbocycles. The van der Waals surface area contributed by atoms with E-state index in [0.29, 0.717) is 6.42 Å². The van der Waals surface area contributed by atoms with Crippen molar-refractivity contribution in [3.05, 3.63) is 23.8 Å². The second-order valence-corrected chi connectivity index (χ2v) is 10.2. The molecule has 2 atom stereocenters. The summed E-state index contributed by atoms with van der Waals surface area (Å²) >= 11 is 0. The van der Waals surface area contributed by atoms with Crippen molar-refractivity contribution in [2.45, 2.75) is 34.1 Å². The molecule has 0 aliphatic rings. The van der Waals surface area contributed by atoms with Crippen molar-refractivity contribution in [2.75, 3.05) is 20.4 Å². The Morgan fingerprint density at radius 2 is 1.69 bits per heavy atom. The summed E-state index contributed by atoms with van der Waals surface area (Å²) in [6.07, 6.45) is 5.86. The van der Waals surface area contributed by atoms with Crippen molar-refractivity contribution < 1.29 is 23.6 Å². The molecule has 0 N–H and O–H groups in total. The number of rotatable bonds is 8. The highest BCUT2D eigenvalue weighted by atomic mass is 31.2. The van der Waals surface area contributed by atoms with Gasteiger partial charge >= 0.3 is 0 Å². The van der Waals surface area contributed by atoms with Gasteiger partial charge in [-0.2, -0.15) is 0 Å². The van der Waals surface area contributed by atoms with E-state index < -0.39 is 18.2 Å². The number of carbonyl (C=O) groups is 2. The van der Waals surface area contributed by atoms with E-state index in [1.54, 1.807) is 18.2 Å². The Labute approximate surface area is 155 Å². The molecule has 5 nitrogen and oxygen atoms in total. The lowest BCUT2D eigenvalue weighted by molar-refractivity contribution is -0.107. The largest absolute Gasteiger partial charge is 0.496 e. The first-order chi connectivity index (χ1) is 12.0. The van der Waals surface area contributed by atoms with E-state index in [1.807, 2.05) is 33.6 Å². The molecule has 2 unspecified atom stereocenters. The van der Waals surface area contributed by atoms with Gasteiger partial charge in [-0.25, -0.2) is 0 Å². The molecule has 0 aliphatic carbocycles. The van der Waals surface area contributed by atoms with Gasteiger partial charge in [0.05, 0.1) is 14.2 Å². The van der Waals surface area contributed by atoms with Gasteiger partial charge in [-0.3, -0.25) is 9.59 Å². The zero-order valence-corrected chi connectivity index (χ0v) is 17.2.